The second kappa shape index (κ2) is 6.21. The molecule has 2 N–H and O–H groups in total. The van der Waals surface area contributed by atoms with E-state index < -0.39 is 30.8 Å². The normalized spacial score (nSPS) is 19.8. The zero-order valence-electron chi connectivity index (χ0n) is 14.0. The lowest BCUT2D eigenvalue weighted by Gasteiger charge is -2.21. The third kappa shape index (κ3) is 3.20. The average molecular weight is 356 g/mol. The van der Waals surface area contributed by atoms with Crippen molar-refractivity contribution in [2.75, 3.05) is 6.54 Å². The molecule has 26 heavy (non-hydrogen) atoms. The van der Waals surface area contributed by atoms with Crippen LogP contribution >= 0.6 is 0 Å². The Bertz CT molecular complexity index is 953. The SMILES string of the molecule is NC(=O)[C@@H]1CC(F)(F)CN1Cc1ccc2oc(-c3ccccc3)cc2c1. The van der Waals surface area contributed by atoms with Gasteiger partial charge in [0.2, 0.25) is 5.91 Å². The van der Waals surface area contributed by atoms with Crippen molar-refractivity contribution in [3.63, 3.8) is 0 Å². The fraction of sp³-hybridized carbons (Fsp3) is 0.250. The first kappa shape index (κ1) is 16.7. The summed E-state index contributed by atoms with van der Waals surface area (Å²) >= 11 is 0. The fourth-order valence-corrected chi connectivity index (χ4v) is 3.50. The minimum Gasteiger partial charge on any atom is -0.456 e. The van der Waals surface area contributed by atoms with E-state index in [4.69, 9.17) is 10.2 Å². The molecule has 1 fully saturated rings. The Hall–Kier alpha value is -2.73. The van der Waals surface area contributed by atoms with Crippen LogP contribution in [0, 0.1) is 0 Å². The van der Waals surface area contributed by atoms with Crippen molar-refractivity contribution < 1.29 is 18.0 Å². The molecular formula is C20H18F2N2O2. The summed E-state index contributed by atoms with van der Waals surface area (Å²) in [5, 5.41) is 0.892. The van der Waals surface area contributed by atoms with E-state index in [1.165, 1.54) is 4.90 Å². The van der Waals surface area contributed by atoms with Gasteiger partial charge in [-0.25, -0.2) is 8.78 Å². The molecule has 134 valence electrons. The molecule has 1 saturated heterocycles. The molecule has 1 atom stereocenters. The van der Waals surface area contributed by atoms with Gasteiger partial charge in [-0.3, -0.25) is 9.69 Å². The predicted octanol–water partition coefficient (Wildman–Crippen LogP) is 3.79. The number of furan rings is 1. The second-order valence-corrected chi connectivity index (χ2v) is 6.73. The Morgan fingerprint density at radius 1 is 1.19 bits per heavy atom. The second-order valence-electron chi connectivity index (χ2n) is 6.73. The zero-order chi connectivity index (χ0) is 18.3. The molecule has 2 aromatic carbocycles. The molecule has 1 aromatic heterocycles. The fourth-order valence-electron chi connectivity index (χ4n) is 3.50. The van der Waals surface area contributed by atoms with Crippen LogP contribution in [0.25, 0.3) is 22.3 Å². The molecule has 6 heteroatoms. The lowest BCUT2D eigenvalue weighted by molar-refractivity contribution is -0.122. The molecule has 4 rings (SSSR count). The van der Waals surface area contributed by atoms with Gasteiger partial charge in [0.15, 0.2) is 0 Å². The highest BCUT2D eigenvalue weighted by Crippen LogP contribution is 2.34. The number of nitrogens with two attached hydrogens (primary N) is 1. The summed E-state index contributed by atoms with van der Waals surface area (Å²) in [6, 6.07) is 16.3. The molecule has 4 nitrogen and oxygen atoms in total. The Morgan fingerprint density at radius 3 is 2.69 bits per heavy atom. The van der Waals surface area contributed by atoms with Crippen LogP contribution in [0.15, 0.2) is 59.0 Å². The third-order valence-electron chi connectivity index (χ3n) is 4.72. The number of primary amides is 1. The Balaban J connectivity index is 1.60. The van der Waals surface area contributed by atoms with Gasteiger partial charge in [0.25, 0.3) is 5.92 Å². The summed E-state index contributed by atoms with van der Waals surface area (Å²) in [6.07, 6.45) is -0.519. The molecular weight excluding hydrogens is 338 g/mol. The lowest BCUT2D eigenvalue weighted by atomic mass is 10.1. The third-order valence-corrected chi connectivity index (χ3v) is 4.72. The number of alkyl halides is 2. The Morgan fingerprint density at radius 2 is 1.96 bits per heavy atom. The van der Waals surface area contributed by atoms with Crippen molar-refractivity contribution in [2.45, 2.75) is 24.9 Å². The van der Waals surface area contributed by atoms with Crippen molar-refractivity contribution >= 4 is 16.9 Å². The topological polar surface area (TPSA) is 59.5 Å². The number of carbonyl (C=O) groups is 1. The lowest BCUT2D eigenvalue weighted by Crippen LogP contribution is -2.39. The summed E-state index contributed by atoms with van der Waals surface area (Å²) in [6.45, 7) is -0.218. The molecule has 0 spiro atoms. The molecule has 1 amide bonds. The number of likely N-dealkylation sites (tertiary alicyclic amines) is 1. The molecule has 0 unspecified atom stereocenters. The van der Waals surface area contributed by atoms with Gasteiger partial charge in [-0.1, -0.05) is 36.4 Å². The van der Waals surface area contributed by atoms with Crippen LogP contribution in [-0.2, 0) is 11.3 Å². The number of amides is 1. The van der Waals surface area contributed by atoms with Crippen molar-refractivity contribution in [2.24, 2.45) is 5.73 Å². The minimum absolute atomic E-state index is 0.241. The highest BCUT2D eigenvalue weighted by Gasteiger charge is 2.47. The van der Waals surface area contributed by atoms with E-state index in [9.17, 15) is 13.6 Å². The molecule has 0 radical (unpaired) electrons. The van der Waals surface area contributed by atoms with E-state index in [-0.39, 0.29) is 6.54 Å². The maximum atomic E-state index is 13.7. The van der Waals surface area contributed by atoms with Crippen molar-refractivity contribution in [3.8, 4) is 11.3 Å². The van der Waals surface area contributed by atoms with Crippen LogP contribution in [0.5, 0.6) is 0 Å². The standard InChI is InChI=1S/C20H18F2N2O2/c21-20(22)10-16(19(23)25)24(12-20)11-13-6-7-17-15(8-13)9-18(26-17)14-4-2-1-3-5-14/h1-9,16H,10-12H2,(H2,23,25)/t16-/m0/s1. The monoisotopic (exact) mass is 356 g/mol. The van der Waals surface area contributed by atoms with Crippen molar-refractivity contribution in [1.29, 1.82) is 0 Å². The van der Waals surface area contributed by atoms with Gasteiger partial charge in [0, 0.05) is 23.9 Å². The highest BCUT2D eigenvalue weighted by atomic mass is 19.3. The quantitative estimate of drug-likeness (QED) is 0.774. The Kier molecular flexibility index (Phi) is 4.00. The summed E-state index contributed by atoms with van der Waals surface area (Å²) in [7, 11) is 0. The maximum Gasteiger partial charge on any atom is 0.262 e. The van der Waals surface area contributed by atoms with Crippen LogP contribution in [0.4, 0.5) is 8.78 Å². The van der Waals surface area contributed by atoms with E-state index >= 15 is 0 Å². The number of halogens is 2. The number of fused-ring (bicyclic) bond motifs is 1. The van der Waals surface area contributed by atoms with Gasteiger partial charge in [-0.2, -0.15) is 0 Å². The van der Waals surface area contributed by atoms with Gasteiger partial charge in [-0.05, 0) is 23.8 Å². The van der Waals surface area contributed by atoms with Crippen molar-refractivity contribution in [1.82, 2.24) is 4.90 Å². The predicted molar refractivity (Wildman–Crippen MR) is 94.6 cm³/mol. The molecule has 3 aromatic rings. The molecule has 2 heterocycles. The van der Waals surface area contributed by atoms with Crippen LogP contribution in [0.3, 0.4) is 0 Å². The number of benzene rings is 2. The van der Waals surface area contributed by atoms with E-state index in [0.717, 1.165) is 27.9 Å². The van der Waals surface area contributed by atoms with Gasteiger partial charge in [0.05, 0.1) is 12.6 Å². The van der Waals surface area contributed by atoms with Crippen molar-refractivity contribution in [3.05, 3.63) is 60.2 Å². The van der Waals surface area contributed by atoms with Gasteiger partial charge >= 0.3 is 0 Å². The van der Waals surface area contributed by atoms with E-state index in [1.807, 2.05) is 54.6 Å². The number of nitrogens with zero attached hydrogens (tertiary/aromatic N) is 1. The maximum absolute atomic E-state index is 13.7. The number of rotatable bonds is 4. The summed E-state index contributed by atoms with van der Waals surface area (Å²) < 4.78 is 33.2. The zero-order valence-corrected chi connectivity index (χ0v) is 14.0. The molecule has 0 bridgehead atoms. The van der Waals surface area contributed by atoms with Gasteiger partial charge < -0.3 is 10.2 Å². The Labute approximate surface area is 149 Å². The minimum atomic E-state index is -2.89. The van der Waals surface area contributed by atoms with E-state index in [0.29, 0.717) is 0 Å². The van der Waals surface area contributed by atoms with Gasteiger partial charge in [-0.15, -0.1) is 0 Å². The van der Waals surface area contributed by atoms with E-state index in [2.05, 4.69) is 0 Å². The van der Waals surface area contributed by atoms with Crippen LogP contribution < -0.4 is 5.73 Å². The highest BCUT2D eigenvalue weighted by molar-refractivity contribution is 5.83. The molecule has 0 aliphatic carbocycles. The number of hydrogen-bond acceptors (Lipinski definition) is 3. The first-order valence-electron chi connectivity index (χ1n) is 8.40. The smallest absolute Gasteiger partial charge is 0.262 e. The number of carbonyl (C=O) groups excluding carboxylic acids is 1. The summed E-state index contributed by atoms with van der Waals surface area (Å²) in [4.78, 5) is 12.9. The van der Waals surface area contributed by atoms with Crippen LogP contribution in [0.2, 0.25) is 0 Å². The molecule has 0 saturated carbocycles. The summed E-state index contributed by atoms with van der Waals surface area (Å²) in [5.74, 6) is -2.85. The molecule has 1 aliphatic rings. The van der Waals surface area contributed by atoms with Crippen LogP contribution in [0.1, 0.15) is 12.0 Å². The van der Waals surface area contributed by atoms with Gasteiger partial charge in [0.1, 0.15) is 11.3 Å². The van der Waals surface area contributed by atoms with E-state index in [1.54, 1.807) is 0 Å². The first-order chi connectivity index (χ1) is 12.4. The average Bonchev–Trinajstić information content (AvgIpc) is 3.16. The largest absolute Gasteiger partial charge is 0.456 e. The number of hydrogen-bond donors (Lipinski definition) is 1. The van der Waals surface area contributed by atoms with Crippen LogP contribution in [-0.4, -0.2) is 29.3 Å². The molecule has 1 aliphatic heterocycles. The summed E-state index contributed by atoms with van der Waals surface area (Å²) in [5.41, 5.74) is 7.83. The first-order valence-corrected chi connectivity index (χ1v) is 8.40.